The second kappa shape index (κ2) is 4.83. The monoisotopic (exact) mass is 180 g/mol. The van der Waals surface area contributed by atoms with E-state index in [0.29, 0.717) is 0 Å². The van der Waals surface area contributed by atoms with E-state index in [-0.39, 0.29) is 0 Å². The number of allylic oxidation sites excluding steroid dienone is 2. The summed E-state index contributed by atoms with van der Waals surface area (Å²) < 4.78 is 0. The van der Waals surface area contributed by atoms with E-state index in [1.807, 2.05) is 0 Å². The largest absolute Gasteiger partial charge is 0.0847 e. The minimum absolute atomic E-state index is 0.871. The summed E-state index contributed by atoms with van der Waals surface area (Å²) in [6.45, 7) is 9.34. The van der Waals surface area contributed by atoms with Crippen LogP contribution in [0.15, 0.2) is 11.6 Å². The zero-order valence-electron chi connectivity index (χ0n) is 9.64. The Morgan fingerprint density at radius 2 is 2.00 bits per heavy atom. The molecule has 0 amide bonds. The van der Waals surface area contributed by atoms with Gasteiger partial charge in [0.25, 0.3) is 0 Å². The molecule has 0 heteroatoms. The van der Waals surface area contributed by atoms with Gasteiger partial charge in [0.2, 0.25) is 0 Å². The Morgan fingerprint density at radius 3 is 2.46 bits per heavy atom. The molecular formula is C13H24. The summed E-state index contributed by atoms with van der Waals surface area (Å²) in [5.74, 6) is 2.72. The van der Waals surface area contributed by atoms with E-state index in [2.05, 4.69) is 33.8 Å². The molecule has 0 aromatic rings. The van der Waals surface area contributed by atoms with Gasteiger partial charge in [-0.3, -0.25) is 0 Å². The molecule has 3 unspecified atom stereocenters. The van der Waals surface area contributed by atoms with Crippen molar-refractivity contribution in [1.82, 2.24) is 0 Å². The normalized spacial score (nSPS) is 28.9. The van der Waals surface area contributed by atoms with Crippen LogP contribution in [0.2, 0.25) is 0 Å². The smallest absolute Gasteiger partial charge is 0.0168 e. The third-order valence-corrected chi connectivity index (χ3v) is 3.71. The van der Waals surface area contributed by atoms with Crippen LogP contribution >= 0.6 is 0 Å². The summed E-state index contributed by atoms with van der Waals surface area (Å²) in [7, 11) is 0. The lowest BCUT2D eigenvalue weighted by Crippen LogP contribution is -2.05. The molecular weight excluding hydrogens is 156 g/mol. The van der Waals surface area contributed by atoms with Crippen LogP contribution in [0.3, 0.4) is 0 Å². The minimum atomic E-state index is 0.871. The van der Waals surface area contributed by atoms with Crippen LogP contribution in [-0.2, 0) is 0 Å². The highest BCUT2D eigenvalue weighted by Crippen LogP contribution is 2.40. The van der Waals surface area contributed by atoms with Crippen molar-refractivity contribution in [1.29, 1.82) is 0 Å². The second-order valence-corrected chi connectivity index (χ2v) is 4.69. The zero-order chi connectivity index (χ0) is 9.84. The van der Waals surface area contributed by atoms with Gasteiger partial charge in [-0.2, -0.15) is 0 Å². The summed E-state index contributed by atoms with van der Waals surface area (Å²) in [6, 6.07) is 0. The Balaban J connectivity index is 2.23. The molecule has 13 heavy (non-hydrogen) atoms. The van der Waals surface area contributed by atoms with Crippen molar-refractivity contribution in [2.45, 2.75) is 53.4 Å². The maximum atomic E-state index is 2.50. The molecule has 0 aromatic heterocycles. The van der Waals surface area contributed by atoms with E-state index in [4.69, 9.17) is 0 Å². The first-order valence-corrected chi connectivity index (χ1v) is 5.87. The van der Waals surface area contributed by atoms with Crippen molar-refractivity contribution in [3.63, 3.8) is 0 Å². The Hall–Kier alpha value is -0.260. The van der Waals surface area contributed by atoms with E-state index >= 15 is 0 Å². The lowest BCUT2D eigenvalue weighted by molar-refractivity contribution is 0.380. The highest BCUT2D eigenvalue weighted by atomic mass is 14.3. The van der Waals surface area contributed by atoms with Gasteiger partial charge < -0.3 is 0 Å². The Labute approximate surface area is 83.4 Å². The topological polar surface area (TPSA) is 0 Å². The second-order valence-electron chi connectivity index (χ2n) is 4.69. The van der Waals surface area contributed by atoms with Gasteiger partial charge in [-0.05, 0) is 37.0 Å². The molecule has 0 N–H and O–H groups in total. The molecule has 0 nitrogen and oxygen atoms in total. The van der Waals surface area contributed by atoms with E-state index in [1.54, 1.807) is 5.57 Å². The highest BCUT2D eigenvalue weighted by Gasteiger charge is 2.26. The number of hydrogen-bond donors (Lipinski definition) is 0. The molecule has 0 aromatic carbocycles. The summed E-state index contributed by atoms with van der Waals surface area (Å²) in [5, 5.41) is 0. The molecule has 3 atom stereocenters. The van der Waals surface area contributed by atoms with Crippen LogP contribution < -0.4 is 0 Å². The van der Waals surface area contributed by atoms with Gasteiger partial charge in [-0.25, -0.2) is 0 Å². The van der Waals surface area contributed by atoms with E-state index in [0.717, 1.165) is 17.8 Å². The van der Waals surface area contributed by atoms with Gasteiger partial charge in [-0.1, -0.05) is 45.8 Å². The maximum absolute atomic E-state index is 2.50. The molecule has 1 saturated carbocycles. The SMILES string of the molecule is CCC1C/C1=C/CC(C)C(C)CC. The molecule has 0 spiro atoms. The molecule has 0 radical (unpaired) electrons. The van der Waals surface area contributed by atoms with Crippen molar-refractivity contribution in [3.8, 4) is 0 Å². The first-order chi connectivity index (χ1) is 6.19. The Kier molecular flexibility index (Phi) is 4.02. The third-order valence-electron chi connectivity index (χ3n) is 3.71. The maximum Gasteiger partial charge on any atom is -0.0168 e. The zero-order valence-corrected chi connectivity index (χ0v) is 9.64. The van der Waals surface area contributed by atoms with Crippen LogP contribution in [0.4, 0.5) is 0 Å². The van der Waals surface area contributed by atoms with Crippen molar-refractivity contribution in [2.24, 2.45) is 17.8 Å². The molecule has 1 aliphatic carbocycles. The van der Waals surface area contributed by atoms with Gasteiger partial charge >= 0.3 is 0 Å². The predicted molar refractivity (Wildman–Crippen MR) is 59.7 cm³/mol. The number of hydrogen-bond acceptors (Lipinski definition) is 0. The standard InChI is InChI=1S/C13H24/c1-5-10(3)11(4)7-8-13-9-12(13)6-2/h8,10-12H,5-7,9H2,1-4H3/b13-8-. The lowest BCUT2D eigenvalue weighted by Gasteiger charge is -2.15. The fourth-order valence-electron chi connectivity index (χ4n) is 1.85. The van der Waals surface area contributed by atoms with E-state index in [1.165, 1.54) is 25.7 Å². The van der Waals surface area contributed by atoms with Crippen LogP contribution in [0, 0.1) is 17.8 Å². The average Bonchev–Trinajstić information content (AvgIpc) is 2.91. The fourth-order valence-corrected chi connectivity index (χ4v) is 1.85. The van der Waals surface area contributed by atoms with Crippen LogP contribution in [0.1, 0.15) is 53.4 Å². The first kappa shape index (κ1) is 10.8. The first-order valence-electron chi connectivity index (χ1n) is 5.87. The van der Waals surface area contributed by atoms with Crippen LogP contribution in [0.5, 0.6) is 0 Å². The average molecular weight is 180 g/mol. The van der Waals surface area contributed by atoms with E-state index < -0.39 is 0 Å². The minimum Gasteiger partial charge on any atom is -0.0847 e. The van der Waals surface area contributed by atoms with Gasteiger partial charge in [0, 0.05) is 0 Å². The summed E-state index contributed by atoms with van der Waals surface area (Å²) in [5.41, 5.74) is 1.73. The quantitative estimate of drug-likeness (QED) is 0.550. The summed E-state index contributed by atoms with van der Waals surface area (Å²) in [4.78, 5) is 0. The molecule has 0 aliphatic heterocycles. The van der Waals surface area contributed by atoms with Crippen LogP contribution in [0.25, 0.3) is 0 Å². The molecule has 0 heterocycles. The highest BCUT2D eigenvalue weighted by molar-refractivity contribution is 5.22. The lowest BCUT2D eigenvalue weighted by atomic mass is 9.90. The van der Waals surface area contributed by atoms with E-state index in [9.17, 15) is 0 Å². The number of rotatable bonds is 5. The molecule has 76 valence electrons. The van der Waals surface area contributed by atoms with Gasteiger partial charge in [0.1, 0.15) is 0 Å². The molecule has 1 rings (SSSR count). The van der Waals surface area contributed by atoms with Crippen molar-refractivity contribution in [3.05, 3.63) is 11.6 Å². The van der Waals surface area contributed by atoms with Gasteiger partial charge in [0.15, 0.2) is 0 Å². The Bertz CT molecular complexity index is 178. The van der Waals surface area contributed by atoms with Crippen molar-refractivity contribution in [2.75, 3.05) is 0 Å². The molecule has 1 fully saturated rings. The third kappa shape index (κ3) is 3.17. The van der Waals surface area contributed by atoms with Gasteiger partial charge in [-0.15, -0.1) is 0 Å². The Morgan fingerprint density at radius 1 is 1.31 bits per heavy atom. The predicted octanol–water partition coefficient (Wildman–Crippen LogP) is 4.42. The van der Waals surface area contributed by atoms with Gasteiger partial charge in [0.05, 0.1) is 0 Å². The van der Waals surface area contributed by atoms with Crippen LogP contribution in [-0.4, -0.2) is 0 Å². The van der Waals surface area contributed by atoms with Crippen molar-refractivity contribution < 1.29 is 0 Å². The summed E-state index contributed by atoms with van der Waals surface area (Å²) in [6.07, 6.45) is 7.88. The summed E-state index contributed by atoms with van der Waals surface area (Å²) >= 11 is 0. The van der Waals surface area contributed by atoms with Crippen molar-refractivity contribution >= 4 is 0 Å². The molecule has 1 aliphatic rings. The molecule has 0 saturated heterocycles. The molecule has 0 bridgehead atoms. The fraction of sp³-hybridized carbons (Fsp3) is 0.846.